The fourth-order valence-electron chi connectivity index (χ4n) is 1.83. The molecule has 0 atom stereocenters. The van der Waals surface area contributed by atoms with Gasteiger partial charge in [0.05, 0.1) is 4.92 Å². The van der Waals surface area contributed by atoms with Crippen LogP contribution >= 0.6 is 0 Å². The standard InChI is InChI=1S/C16H13FN2O7/c17-11-6-5-10(7-12(11)19(23)24)18-15(21)8-26-16(22)9-25-14-4-2-1-3-13(14)20/h1-7,20H,8-9H2,(H,18,21). The average Bonchev–Trinajstić information content (AvgIpc) is 2.60. The molecule has 2 rings (SSSR count). The molecule has 0 spiro atoms. The predicted octanol–water partition coefficient (Wildman–Crippen LogP) is 2.00. The van der Waals surface area contributed by atoms with Crippen molar-refractivity contribution in [1.82, 2.24) is 0 Å². The number of hydrogen-bond donors (Lipinski definition) is 2. The number of nitrogens with zero attached hydrogens (tertiary/aromatic N) is 1. The molecule has 0 saturated carbocycles. The van der Waals surface area contributed by atoms with Gasteiger partial charge in [0.2, 0.25) is 5.82 Å². The maximum absolute atomic E-state index is 13.2. The normalized spacial score (nSPS) is 10.0. The summed E-state index contributed by atoms with van der Waals surface area (Å²) in [4.78, 5) is 32.9. The summed E-state index contributed by atoms with van der Waals surface area (Å²) < 4.78 is 22.9. The Hall–Kier alpha value is -3.69. The van der Waals surface area contributed by atoms with E-state index in [0.29, 0.717) is 0 Å². The van der Waals surface area contributed by atoms with Crippen LogP contribution in [0.3, 0.4) is 0 Å². The van der Waals surface area contributed by atoms with Crippen molar-refractivity contribution >= 4 is 23.3 Å². The highest BCUT2D eigenvalue weighted by atomic mass is 19.1. The van der Waals surface area contributed by atoms with Gasteiger partial charge in [-0.3, -0.25) is 14.9 Å². The molecule has 0 bridgehead atoms. The summed E-state index contributed by atoms with van der Waals surface area (Å²) in [7, 11) is 0. The van der Waals surface area contributed by atoms with Crippen molar-refractivity contribution in [2.75, 3.05) is 18.5 Å². The Morgan fingerprint density at radius 3 is 2.62 bits per heavy atom. The first-order valence-corrected chi connectivity index (χ1v) is 7.17. The fraction of sp³-hybridized carbons (Fsp3) is 0.125. The van der Waals surface area contributed by atoms with E-state index in [9.17, 15) is 29.2 Å². The van der Waals surface area contributed by atoms with Crippen molar-refractivity contribution in [3.05, 3.63) is 58.4 Å². The molecule has 0 saturated heterocycles. The Labute approximate surface area is 146 Å². The third-order valence-electron chi connectivity index (χ3n) is 3.00. The number of rotatable bonds is 7. The van der Waals surface area contributed by atoms with Crippen LogP contribution in [0.5, 0.6) is 11.5 Å². The number of esters is 1. The molecule has 0 aliphatic heterocycles. The van der Waals surface area contributed by atoms with Gasteiger partial charge in [0.15, 0.2) is 24.7 Å². The largest absolute Gasteiger partial charge is 0.504 e. The number of phenolic OH excluding ortho intramolecular Hbond substituents is 1. The number of amides is 1. The molecule has 2 aromatic rings. The van der Waals surface area contributed by atoms with Crippen molar-refractivity contribution in [3.8, 4) is 11.5 Å². The van der Waals surface area contributed by atoms with Crippen molar-refractivity contribution in [2.45, 2.75) is 0 Å². The van der Waals surface area contributed by atoms with Gasteiger partial charge in [0, 0.05) is 11.8 Å². The maximum Gasteiger partial charge on any atom is 0.344 e. The minimum absolute atomic E-state index is 0.0235. The van der Waals surface area contributed by atoms with Gasteiger partial charge in [-0.2, -0.15) is 4.39 Å². The molecule has 136 valence electrons. The average molecular weight is 364 g/mol. The molecule has 0 unspecified atom stereocenters. The van der Waals surface area contributed by atoms with Crippen LogP contribution in [-0.4, -0.2) is 35.1 Å². The lowest BCUT2D eigenvalue weighted by Gasteiger charge is -2.08. The van der Waals surface area contributed by atoms with Gasteiger partial charge in [0.1, 0.15) is 0 Å². The molecular formula is C16H13FN2O7. The molecule has 26 heavy (non-hydrogen) atoms. The van der Waals surface area contributed by atoms with E-state index < -0.39 is 41.5 Å². The number of aromatic hydroxyl groups is 1. The zero-order chi connectivity index (χ0) is 19.1. The summed E-state index contributed by atoms with van der Waals surface area (Å²) >= 11 is 0. The van der Waals surface area contributed by atoms with Crippen molar-refractivity contribution in [1.29, 1.82) is 0 Å². The Morgan fingerprint density at radius 1 is 1.19 bits per heavy atom. The predicted molar refractivity (Wildman–Crippen MR) is 86.2 cm³/mol. The molecule has 2 N–H and O–H groups in total. The molecular weight excluding hydrogens is 351 g/mol. The highest BCUT2D eigenvalue weighted by molar-refractivity contribution is 5.93. The lowest BCUT2D eigenvalue weighted by atomic mass is 10.2. The number of benzene rings is 2. The van der Waals surface area contributed by atoms with Gasteiger partial charge in [0.25, 0.3) is 5.91 Å². The number of ether oxygens (including phenoxy) is 2. The van der Waals surface area contributed by atoms with E-state index >= 15 is 0 Å². The Bertz CT molecular complexity index is 841. The molecule has 0 heterocycles. The Kier molecular flexibility index (Phi) is 6.04. The maximum atomic E-state index is 13.2. The van der Waals surface area contributed by atoms with E-state index in [1.807, 2.05) is 0 Å². The summed E-state index contributed by atoms with van der Waals surface area (Å²) in [5.74, 6) is -2.76. The zero-order valence-electron chi connectivity index (χ0n) is 13.2. The second-order valence-electron chi connectivity index (χ2n) is 4.89. The first kappa shape index (κ1) is 18.6. The molecule has 2 aromatic carbocycles. The first-order valence-electron chi connectivity index (χ1n) is 7.17. The number of phenols is 1. The lowest BCUT2D eigenvalue weighted by Crippen LogP contribution is -2.23. The number of carbonyl (C=O) groups excluding carboxylic acids is 2. The SMILES string of the molecule is O=C(COC(=O)COc1ccccc1O)Nc1ccc(F)c([N+](=O)[O-])c1. The van der Waals surface area contributed by atoms with Crippen molar-refractivity contribution in [2.24, 2.45) is 0 Å². The number of para-hydroxylation sites is 2. The quantitative estimate of drug-likeness (QED) is 0.437. The van der Waals surface area contributed by atoms with Gasteiger partial charge < -0.3 is 19.9 Å². The minimum Gasteiger partial charge on any atom is -0.504 e. The summed E-state index contributed by atoms with van der Waals surface area (Å²) in [5, 5.41) is 22.3. The zero-order valence-corrected chi connectivity index (χ0v) is 13.2. The fourth-order valence-corrected chi connectivity index (χ4v) is 1.83. The number of anilines is 1. The second-order valence-corrected chi connectivity index (χ2v) is 4.89. The van der Waals surface area contributed by atoms with Gasteiger partial charge in [-0.15, -0.1) is 0 Å². The number of nitro groups is 1. The number of hydrogen-bond acceptors (Lipinski definition) is 7. The number of halogens is 1. The molecule has 0 aromatic heterocycles. The van der Waals surface area contributed by atoms with Crippen LogP contribution < -0.4 is 10.1 Å². The lowest BCUT2D eigenvalue weighted by molar-refractivity contribution is -0.387. The van der Waals surface area contributed by atoms with Gasteiger partial charge in [-0.25, -0.2) is 4.79 Å². The molecule has 1 amide bonds. The summed E-state index contributed by atoms with van der Waals surface area (Å²) in [6.07, 6.45) is 0. The molecule has 9 nitrogen and oxygen atoms in total. The van der Waals surface area contributed by atoms with Crippen molar-refractivity contribution in [3.63, 3.8) is 0 Å². The molecule has 10 heteroatoms. The number of carbonyl (C=O) groups is 2. The monoisotopic (exact) mass is 364 g/mol. The summed E-state index contributed by atoms with van der Waals surface area (Å²) in [5.41, 5.74) is -0.819. The van der Waals surface area contributed by atoms with Gasteiger partial charge >= 0.3 is 11.7 Å². The van der Waals surface area contributed by atoms with Crippen LogP contribution in [0.1, 0.15) is 0 Å². The molecule has 0 aliphatic rings. The van der Waals surface area contributed by atoms with E-state index in [2.05, 4.69) is 10.1 Å². The topological polar surface area (TPSA) is 128 Å². The van der Waals surface area contributed by atoms with Crippen LogP contribution in [0.25, 0.3) is 0 Å². The number of nitrogens with one attached hydrogen (secondary N) is 1. The van der Waals surface area contributed by atoms with Crippen LogP contribution in [0.4, 0.5) is 15.8 Å². The van der Waals surface area contributed by atoms with Gasteiger partial charge in [-0.1, -0.05) is 12.1 Å². The molecule has 0 aliphatic carbocycles. The van der Waals surface area contributed by atoms with Crippen LogP contribution in [-0.2, 0) is 14.3 Å². The van der Waals surface area contributed by atoms with Gasteiger partial charge in [-0.05, 0) is 24.3 Å². The smallest absolute Gasteiger partial charge is 0.344 e. The molecule has 0 radical (unpaired) electrons. The third kappa shape index (κ3) is 5.16. The minimum atomic E-state index is -1.04. The van der Waals surface area contributed by atoms with Crippen LogP contribution in [0, 0.1) is 15.9 Å². The van der Waals surface area contributed by atoms with E-state index in [-0.39, 0.29) is 17.2 Å². The van der Waals surface area contributed by atoms with Crippen LogP contribution in [0.15, 0.2) is 42.5 Å². The summed E-state index contributed by atoms with van der Waals surface area (Å²) in [6.45, 7) is -1.21. The second kappa shape index (κ2) is 8.42. The Balaban J connectivity index is 1.81. The number of nitro benzene ring substituents is 1. The van der Waals surface area contributed by atoms with E-state index in [4.69, 9.17) is 4.74 Å². The first-order chi connectivity index (χ1) is 12.4. The third-order valence-corrected chi connectivity index (χ3v) is 3.00. The van der Waals surface area contributed by atoms with Crippen molar-refractivity contribution < 1.29 is 33.5 Å². The highest BCUT2D eigenvalue weighted by Crippen LogP contribution is 2.24. The highest BCUT2D eigenvalue weighted by Gasteiger charge is 2.16. The van der Waals surface area contributed by atoms with E-state index in [1.165, 1.54) is 12.1 Å². The molecule has 0 fully saturated rings. The summed E-state index contributed by atoms with van der Waals surface area (Å²) in [6, 6.07) is 8.78. The van der Waals surface area contributed by atoms with E-state index in [1.54, 1.807) is 12.1 Å². The van der Waals surface area contributed by atoms with E-state index in [0.717, 1.165) is 18.2 Å². The Morgan fingerprint density at radius 2 is 1.92 bits per heavy atom. The van der Waals surface area contributed by atoms with Crippen LogP contribution in [0.2, 0.25) is 0 Å².